The number of rotatable bonds is 2. The predicted octanol–water partition coefficient (Wildman–Crippen LogP) is 9.50. The highest BCUT2D eigenvalue weighted by molar-refractivity contribution is 6.26. The lowest BCUT2D eigenvalue weighted by Gasteiger charge is -2.11. The molecule has 6 aromatic carbocycles. The topological polar surface area (TPSA) is 18.1 Å². The second-order valence-electron chi connectivity index (χ2n) is 9.37. The lowest BCUT2D eigenvalue weighted by molar-refractivity contribution is 0.673. The molecule has 0 bridgehead atoms. The van der Waals surface area contributed by atoms with Crippen molar-refractivity contribution in [3.63, 3.8) is 0 Å². The van der Waals surface area contributed by atoms with Crippen LogP contribution in [0.25, 0.3) is 71.2 Å². The van der Waals surface area contributed by atoms with E-state index in [-0.39, 0.29) is 0 Å². The predicted molar refractivity (Wildman–Crippen MR) is 151 cm³/mol. The van der Waals surface area contributed by atoms with Gasteiger partial charge in [0.15, 0.2) is 0 Å². The molecule has 8 rings (SSSR count). The highest BCUT2D eigenvalue weighted by atomic mass is 16.3. The molecule has 2 heteroatoms. The molecule has 36 heavy (non-hydrogen) atoms. The van der Waals surface area contributed by atoms with Crippen molar-refractivity contribution in [2.24, 2.45) is 0 Å². The molecule has 0 atom stereocenters. The Morgan fingerprint density at radius 1 is 0.500 bits per heavy atom. The molecule has 168 valence electrons. The molecular formula is C34H21NO. The van der Waals surface area contributed by atoms with Gasteiger partial charge in [0.2, 0.25) is 0 Å². The fourth-order valence-corrected chi connectivity index (χ4v) is 5.78. The summed E-state index contributed by atoms with van der Waals surface area (Å²) in [6.07, 6.45) is 2.28. The number of hydrogen-bond donors (Lipinski definition) is 0. The van der Waals surface area contributed by atoms with Gasteiger partial charge in [-0.25, -0.2) is 0 Å². The van der Waals surface area contributed by atoms with Crippen LogP contribution in [0.2, 0.25) is 0 Å². The molecule has 2 nitrogen and oxygen atoms in total. The fraction of sp³-hybridized carbons (Fsp3) is 0. The molecule has 0 aliphatic rings. The van der Waals surface area contributed by atoms with E-state index < -0.39 is 0 Å². The molecule has 0 fully saturated rings. The van der Waals surface area contributed by atoms with Crippen molar-refractivity contribution >= 4 is 54.4 Å². The van der Waals surface area contributed by atoms with Gasteiger partial charge in [-0.1, -0.05) is 84.9 Å². The third kappa shape index (κ3) is 2.67. The molecule has 0 unspecified atom stereocenters. The van der Waals surface area contributed by atoms with Gasteiger partial charge in [-0.05, 0) is 58.1 Å². The standard InChI is InChI=1S/C34H21NO/c1-2-11-23(12-3-1)35-21-30(25-14-6-8-16-31(25)35)29-20-22-10-4-5-13-24(22)33-27(29)18-19-28-26-15-7-9-17-32(26)36-34(28)33/h1-21H. The Morgan fingerprint density at radius 3 is 2.08 bits per heavy atom. The van der Waals surface area contributed by atoms with E-state index in [0.29, 0.717) is 0 Å². The summed E-state index contributed by atoms with van der Waals surface area (Å²) in [5.74, 6) is 0. The molecule has 0 aliphatic carbocycles. The summed E-state index contributed by atoms with van der Waals surface area (Å²) in [6.45, 7) is 0. The van der Waals surface area contributed by atoms with Crippen molar-refractivity contribution in [2.75, 3.05) is 0 Å². The van der Waals surface area contributed by atoms with E-state index in [1.807, 2.05) is 6.07 Å². The fourth-order valence-electron chi connectivity index (χ4n) is 5.78. The lowest BCUT2D eigenvalue weighted by atomic mass is 9.92. The van der Waals surface area contributed by atoms with Gasteiger partial charge >= 0.3 is 0 Å². The maximum atomic E-state index is 6.52. The number of nitrogens with zero attached hydrogens (tertiary/aromatic N) is 1. The van der Waals surface area contributed by atoms with Gasteiger partial charge in [0.25, 0.3) is 0 Å². The van der Waals surface area contributed by atoms with Gasteiger partial charge in [-0.2, -0.15) is 0 Å². The van der Waals surface area contributed by atoms with Crippen LogP contribution >= 0.6 is 0 Å². The number of hydrogen-bond acceptors (Lipinski definition) is 1. The molecular weight excluding hydrogens is 438 g/mol. The lowest BCUT2D eigenvalue weighted by Crippen LogP contribution is -1.90. The first-order valence-electron chi connectivity index (χ1n) is 12.3. The highest BCUT2D eigenvalue weighted by Gasteiger charge is 2.18. The van der Waals surface area contributed by atoms with Gasteiger partial charge in [0.05, 0.1) is 5.52 Å². The van der Waals surface area contributed by atoms with E-state index >= 15 is 0 Å². The van der Waals surface area contributed by atoms with E-state index in [2.05, 4.69) is 126 Å². The summed E-state index contributed by atoms with van der Waals surface area (Å²) in [5.41, 5.74) is 6.68. The van der Waals surface area contributed by atoms with Gasteiger partial charge in [0, 0.05) is 39.0 Å². The smallest absolute Gasteiger partial charge is 0.143 e. The van der Waals surface area contributed by atoms with Crippen LogP contribution in [-0.4, -0.2) is 4.57 Å². The van der Waals surface area contributed by atoms with Crippen molar-refractivity contribution in [1.29, 1.82) is 0 Å². The zero-order valence-corrected chi connectivity index (χ0v) is 19.5. The number of fused-ring (bicyclic) bond motifs is 8. The van der Waals surface area contributed by atoms with Crippen molar-refractivity contribution in [3.8, 4) is 16.8 Å². The SMILES string of the molecule is c1ccc(-n2cc(-c3cc4ccccc4c4c3ccc3c5ccccc5oc34)c3ccccc32)cc1. The summed E-state index contributed by atoms with van der Waals surface area (Å²) < 4.78 is 8.82. The average molecular weight is 460 g/mol. The zero-order valence-electron chi connectivity index (χ0n) is 19.5. The summed E-state index contributed by atoms with van der Waals surface area (Å²) >= 11 is 0. The average Bonchev–Trinajstić information content (AvgIpc) is 3.52. The van der Waals surface area contributed by atoms with Crippen LogP contribution < -0.4 is 0 Å². The molecule has 0 aliphatic heterocycles. The largest absolute Gasteiger partial charge is 0.455 e. The van der Waals surface area contributed by atoms with Gasteiger partial charge in [-0.15, -0.1) is 0 Å². The summed E-state index contributed by atoms with van der Waals surface area (Å²) in [6, 6.07) is 43.0. The maximum absolute atomic E-state index is 6.52. The third-order valence-corrected chi connectivity index (χ3v) is 7.40. The number of aromatic nitrogens is 1. The molecule has 0 N–H and O–H groups in total. The van der Waals surface area contributed by atoms with Crippen molar-refractivity contribution in [3.05, 3.63) is 128 Å². The van der Waals surface area contributed by atoms with Crippen LogP contribution in [0, 0.1) is 0 Å². The molecule has 0 amide bonds. The summed E-state index contributed by atoms with van der Waals surface area (Å²) in [5, 5.41) is 8.36. The van der Waals surface area contributed by atoms with Crippen LogP contribution in [0.5, 0.6) is 0 Å². The third-order valence-electron chi connectivity index (χ3n) is 7.40. The molecule has 2 heterocycles. The highest BCUT2D eigenvalue weighted by Crippen LogP contribution is 2.43. The number of benzene rings is 6. The van der Waals surface area contributed by atoms with Gasteiger partial charge < -0.3 is 8.98 Å². The molecule has 0 saturated carbocycles. The Labute approximate surface area is 207 Å². The molecule has 0 saturated heterocycles. The zero-order chi connectivity index (χ0) is 23.6. The van der Waals surface area contributed by atoms with Crippen LogP contribution in [0.4, 0.5) is 0 Å². The Morgan fingerprint density at radius 2 is 1.19 bits per heavy atom. The minimum atomic E-state index is 0.926. The van der Waals surface area contributed by atoms with E-state index in [9.17, 15) is 0 Å². The van der Waals surface area contributed by atoms with Crippen LogP contribution in [0.1, 0.15) is 0 Å². The Bertz CT molecular complexity index is 2090. The quantitative estimate of drug-likeness (QED) is 0.235. The Balaban J connectivity index is 1.54. The second kappa shape index (κ2) is 7.34. The van der Waals surface area contributed by atoms with E-state index in [1.165, 1.54) is 43.6 Å². The Hall–Kier alpha value is -4.82. The van der Waals surface area contributed by atoms with Crippen LogP contribution in [-0.2, 0) is 0 Å². The van der Waals surface area contributed by atoms with Crippen molar-refractivity contribution < 1.29 is 4.42 Å². The van der Waals surface area contributed by atoms with Gasteiger partial charge in [-0.3, -0.25) is 0 Å². The first-order valence-corrected chi connectivity index (χ1v) is 12.3. The maximum Gasteiger partial charge on any atom is 0.143 e. The normalized spacial score (nSPS) is 11.9. The molecule has 8 aromatic rings. The minimum absolute atomic E-state index is 0.926. The summed E-state index contributed by atoms with van der Waals surface area (Å²) in [7, 11) is 0. The van der Waals surface area contributed by atoms with E-state index in [1.54, 1.807) is 0 Å². The number of para-hydroxylation sites is 3. The molecule has 0 spiro atoms. The minimum Gasteiger partial charge on any atom is -0.455 e. The summed E-state index contributed by atoms with van der Waals surface area (Å²) in [4.78, 5) is 0. The Kier molecular flexibility index (Phi) is 3.97. The van der Waals surface area contributed by atoms with E-state index in [0.717, 1.165) is 27.6 Å². The first kappa shape index (κ1) is 19.5. The van der Waals surface area contributed by atoms with Gasteiger partial charge in [0.1, 0.15) is 11.2 Å². The van der Waals surface area contributed by atoms with Crippen molar-refractivity contribution in [1.82, 2.24) is 4.57 Å². The monoisotopic (exact) mass is 459 g/mol. The van der Waals surface area contributed by atoms with Crippen LogP contribution in [0.3, 0.4) is 0 Å². The van der Waals surface area contributed by atoms with Crippen LogP contribution in [0.15, 0.2) is 132 Å². The molecule has 0 radical (unpaired) electrons. The number of furan rings is 1. The van der Waals surface area contributed by atoms with Crippen molar-refractivity contribution in [2.45, 2.75) is 0 Å². The second-order valence-corrected chi connectivity index (χ2v) is 9.37. The first-order chi connectivity index (χ1) is 17.9. The molecule has 2 aromatic heterocycles. The van der Waals surface area contributed by atoms with E-state index in [4.69, 9.17) is 4.42 Å².